The van der Waals surface area contributed by atoms with Gasteiger partial charge in [0, 0.05) is 49.6 Å². The van der Waals surface area contributed by atoms with Crippen molar-refractivity contribution < 1.29 is 27.5 Å². The van der Waals surface area contributed by atoms with E-state index in [2.05, 4.69) is 25.3 Å². The molecule has 0 fully saturated rings. The maximum Gasteiger partial charge on any atom is 0.573 e. The van der Waals surface area contributed by atoms with Crippen LogP contribution in [0.1, 0.15) is 40.2 Å². The number of halogens is 3. The Kier molecular flexibility index (Phi) is 10.0. The summed E-state index contributed by atoms with van der Waals surface area (Å²) in [5, 5.41) is 5.79. The van der Waals surface area contributed by atoms with E-state index in [1.165, 1.54) is 18.2 Å². The lowest BCUT2D eigenvalue weighted by Gasteiger charge is -2.14. The zero-order valence-electron chi connectivity index (χ0n) is 22.2. The van der Waals surface area contributed by atoms with Crippen molar-refractivity contribution in [2.24, 2.45) is 0 Å². The number of pyridine rings is 2. The Morgan fingerprint density at radius 3 is 2.54 bits per heavy atom. The van der Waals surface area contributed by atoms with Gasteiger partial charge in [0.15, 0.2) is 0 Å². The number of aromatic nitrogens is 2. The minimum atomic E-state index is -4.77. The first kappa shape index (κ1) is 29.3. The second-order valence-electron chi connectivity index (χ2n) is 9.28. The van der Waals surface area contributed by atoms with Gasteiger partial charge >= 0.3 is 6.36 Å². The normalized spacial score (nSPS) is 13.0. The summed E-state index contributed by atoms with van der Waals surface area (Å²) in [7, 11) is 0. The first-order chi connectivity index (χ1) is 19.8. The van der Waals surface area contributed by atoms with Gasteiger partial charge in [-0.3, -0.25) is 19.6 Å². The summed E-state index contributed by atoms with van der Waals surface area (Å²) in [5.74, 6) is -0.836. The van der Waals surface area contributed by atoms with Gasteiger partial charge in [0.1, 0.15) is 11.4 Å². The molecule has 0 unspecified atom stereocenters. The standard InChI is InChI=1S/C31H29F3N4O3/c32-31(33,34)41-26-11-5-8-22(20-26)13-14-28(39)38-21-23-7-1-2-9-24(19-23)27-12-6-17-36-29(27)30(40)37-18-15-25-10-3-4-16-35-25/h1-12,16-17,20H,13-15,18-19,21H2,(H,37,40)(H,38,39). The van der Waals surface area contributed by atoms with E-state index in [0.29, 0.717) is 36.2 Å². The fourth-order valence-electron chi connectivity index (χ4n) is 4.27. The predicted molar refractivity (Wildman–Crippen MR) is 149 cm³/mol. The molecule has 0 spiro atoms. The molecule has 0 atom stereocenters. The zero-order valence-corrected chi connectivity index (χ0v) is 22.2. The number of benzene rings is 1. The number of rotatable bonds is 11. The minimum absolute atomic E-state index is 0.104. The quantitative estimate of drug-likeness (QED) is 0.328. The van der Waals surface area contributed by atoms with Crippen molar-refractivity contribution in [1.82, 2.24) is 20.6 Å². The third-order valence-electron chi connectivity index (χ3n) is 6.20. The molecule has 212 valence electrons. The zero-order chi connectivity index (χ0) is 29.1. The highest BCUT2D eigenvalue weighted by molar-refractivity contribution is 5.97. The number of hydrogen-bond acceptors (Lipinski definition) is 5. The second kappa shape index (κ2) is 14.1. The lowest BCUT2D eigenvalue weighted by molar-refractivity contribution is -0.274. The fourth-order valence-corrected chi connectivity index (χ4v) is 4.27. The van der Waals surface area contributed by atoms with E-state index >= 15 is 0 Å². The monoisotopic (exact) mass is 562 g/mol. The molecule has 10 heteroatoms. The number of carbonyl (C=O) groups excluding carboxylic acids is 2. The molecule has 1 aliphatic carbocycles. The Balaban J connectivity index is 1.30. The summed E-state index contributed by atoms with van der Waals surface area (Å²) < 4.78 is 41.4. The summed E-state index contributed by atoms with van der Waals surface area (Å²) in [6.45, 7) is 0.700. The molecule has 1 aliphatic rings. The molecule has 41 heavy (non-hydrogen) atoms. The molecule has 4 rings (SSSR count). The average Bonchev–Trinajstić information content (AvgIpc) is 3.20. The molecule has 0 radical (unpaired) electrons. The van der Waals surface area contributed by atoms with Gasteiger partial charge < -0.3 is 15.4 Å². The number of nitrogens with zero attached hydrogens (tertiary/aromatic N) is 2. The van der Waals surface area contributed by atoms with Gasteiger partial charge in [-0.25, -0.2) is 0 Å². The molecule has 3 aromatic rings. The fraction of sp³-hybridized carbons (Fsp3) is 0.226. The number of nitrogens with one attached hydrogen (secondary N) is 2. The van der Waals surface area contributed by atoms with Crippen molar-refractivity contribution in [2.75, 3.05) is 13.1 Å². The van der Waals surface area contributed by atoms with E-state index in [9.17, 15) is 22.8 Å². The van der Waals surface area contributed by atoms with E-state index in [0.717, 1.165) is 16.8 Å². The van der Waals surface area contributed by atoms with Crippen molar-refractivity contribution in [3.05, 3.63) is 119 Å². The van der Waals surface area contributed by atoms with Crippen molar-refractivity contribution in [3.8, 4) is 5.75 Å². The van der Waals surface area contributed by atoms with Crippen LogP contribution in [0.3, 0.4) is 0 Å². The Hall–Kier alpha value is -4.73. The number of hydrogen-bond donors (Lipinski definition) is 2. The minimum Gasteiger partial charge on any atom is -0.406 e. The van der Waals surface area contributed by atoms with E-state index in [1.807, 2.05) is 48.6 Å². The van der Waals surface area contributed by atoms with E-state index in [1.54, 1.807) is 24.5 Å². The molecule has 1 aromatic carbocycles. The van der Waals surface area contributed by atoms with Crippen LogP contribution in [0.5, 0.6) is 5.75 Å². The van der Waals surface area contributed by atoms with Gasteiger partial charge in [-0.2, -0.15) is 0 Å². The smallest absolute Gasteiger partial charge is 0.406 e. The maximum atomic E-state index is 13.0. The maximum absolute atomic E-state index is 13.0. The van der Waals surface area contributed by atoms with Crippen molar-refractivity contribution >= 4 is 17.4 Å². The van der Waals surface area contributed by atoms with Gasteiger partial charge in [0.05, 0.1) is 0 Å². The van der Waals surface area contributed by atoms with Crippen molar-refractivity contribution in [1.29, 1.82) is 0 Å². The number of allylic oxidation sites excluding steroid dienone is 5. The van der Waals surface area contributed by atoms with Crippen LogP contribution in [0.15, 0.2) is 96.9 Å². The number of aryl methyl sites for hydroxylation is 1. The Bertz CT molecular complexity index is 1450. The van der Waals surface area contributed by atoms with Gasteiger partial charge in [-0.05, 0) is 59.9 Å². The molecule has 0 bridgehead atoms. The summed E-state index contributed by atoms with van der Waals surface area (Å²) in [4.78, 5) is 34.1. The molecule has 2 N–H and O–H groups in total. The van der Waals surface area contributed by atoms with E-state index in [4.69, 9.17) is 0 Å². The number of amides is 2. The molecular formula is C31H29F3N4O3. The molecule has 2 aromatic heterocycles. The summed E-state index contributed by atoms with van der Waals surface area (Å²) in [6.07, 6.45) is 7.53. The molecule has 0 aliphatic heterocycles. The van der Waals surface area contributed by atoms with Crippen LogP contribution in [-0.2, 0) is 17.6 Å². The first-order valence-electron chi connectivity index (χ1n) is 13.1. The highest BCUT2D eigenvalue weighted by atomic mass is 19.4. The van der Waals surface area contributed by atoms with Crippen LogP contribution < -0.4 is 15.4 Å². The highest BCUT2D eigenvalue weighted by Crippen LogP contribution is 2.27. The summed E-state index contributed by atoms with van der Waals surface area (Å²) in [6, 6.07) is 14.9. The number of carbonyl (C=O) groups is 2. The Labute approximate surface area is 235 Å². The first-order valence-corrected chi connectivity index (χ1v) is 13.1. The molecule has 7 nitrogen and oxygen atoms in total. The number of ether oxygens (including phenoxy) is 1. The van der Waals surface area contributed by atoms with Gasteiger partial charge in [0.25, 0.3) is 5.91 Å². The molecular weight excluding hydrogens is 533 g/mol. The molecule has 0 saturated carbocycles. The average molecular weight is 563 g/mol. The van der Waals surface area contributed by atoms with Crippen LogP contribution in [0, 0.1) is 0 Å². The molecule has 0 saturated heterocycles. The third kappa shape index (κ3) is 9.45. The van der Waals surface area contributed by atoms with Crippen molar-refractivity contribution in [2.45, 2.75) is 32.0 Å². The lowest BCUT2D eigenvalue weighted by Crippen LogP contribution is -2.28. The topological polar surface area (TPSA) is 93.2 Å². The lowest BCUT2D eigenvalue weighted by atomic mass is 9.96. The molecule has 2 heterocycles. The Morgan fingerprint density at radius 2 is 1.73 bits per heavy atom. The van der Waals surface area contributed by atoms with E-state index < -0.39 is 6.36 Å². The van der Waals surface area contributed by atoms with Gasteiger partial charge in [-0.15, -0.1) is 13.2 Å². The van der Waals surface area contributed by atoms with Gasteiger partial charge in [0.2, 0.25) is 5.91 Å². The largest absolute Gasteiger partial charge is 0.573 e. The summed E-state index contributed by atoms with van der Waals surface area (Å²) in [5.41, 5.74) is 4.26. The van der Waals surface area contributed by atoms with Crippen LogP contribution in [0.4, 0.5) is 13.2 Å². The summed E-state index contributed by atoms with van der Waals surface area (Å²) >= 11 is 0. The van der Waals surface area contributed by atoms with Crippen LogP contribution in [0.2, 0.25) is 0 Å². The van der Waals surface area contributed by atoms with Gasteiger partial charge in [-0.1, -0.05) is 48.6 Å². The van der Waals surface area contributed by atoms with Crippen molar-refractivity contribution in [3.63, 3.8) is 0 Å². The Morgan fingerprint density at radius 1 is 0.902 bits per heavy atom. The number of alkyl halides is 3. The van der Waals surface area contributed by atoms with Crippen LogP contribution in [-0.4, -0.2) is 41.2 Å². The highest BCUT2D eigenvalue weighted by Gasteiger charge is 2.31. The third-order valence-corrected chi connectivity index (χ3v) is 6.20. The predicted octanol–water partition coefficient (Wildman–Crippen LogP) is 5.37. The van der Waals surface area contributed by atoms with Crippen LogP contribution >= 0.6 is 0 Å². The molecule has 2 amide bonds. The van der Waals surface area contributed by atoms with Crippen LogP contribution in [0.25, 0.3) is 5.57 Å². The SMILES string of the molecule is O=C(CCc1cccc(OC(F)(F)F)c1)NCC1=CC=CC=C(c2cccnc2C(=O)NCCc2ccccn2)C1. The van der Waals surface area contributed by atoms with E-state index in [-0.39, 0.29) is 37.0 Å². The second-order valence-corrected chi connectivity index (χ2v) is 9.28.